The minimum Gasteiger partial charge on any atom is -0.395 e. The second kappa shape index (κ2) is 8.11. The summed E-state index contributed by atoms with van der Waals surface area (Å²) in [7, 11) is 0. The fraction of sp³-hybridized carbons (Fsp3) is 0.269. The summed E-state index contributed by atoms with van der Waals surface area (Å²) in [5.74, 6) is -1.03. The topological polar surface area (TPSA) is 43.8 Å². The van der Waals surface area contributed by atoms with Crippen LogP contribution in [-0.2, 0) is 6.54 Å². The van der Waals surface area contributed by atoms with Crippen LogP contribution >= 0.6 is 0 Å². The molecule has 0 aliphatic carbocycles. The van der Waals surface area contributed by atoms with Gasteiger partial charge in [0.2, 0.25) is 0 Å². The zero-order valence-corrected chi connectivity index (χ0v) is 17.5. The van der Waals surface area contributed by atoms with E-state index in [0.29, 0.717) is 18.7 Å². The molecule has 1 spiro atoms. The highest BCUT2D eigenvalue weighted by Crippen LogP contribution is 2.54. The van der Waals surface area contributed by atoms with Crippen molar-refractivity contribution in [1.82, 2.24) is 9.80 Å². The van der Waals surface area contributed by atoms with Crippen molar-refractivity contribution in [2.45, 2.75) is 24.0 Å². The van der Waals surface area contributed by atoms with Gasteiger partial charge in [-0.25, -0.2) is 8.78 Å². The van der Waals surface area contributed by atoms with Crippen LogP contribution in [-0.4, -0.2) is 52.1 Å². The number of carbonyl (C=O) groups is 1. The van der Waals surface area contributed by atoms with Crippen molar-refractivity contribution in [3.05, 3.63) is 107 Å². The molecule has 164 valence electrons. The molecule has 4 nitrogen and oxygen atoms in total. The van der Waals surface area contributed by atoms with Gasteiger partial charge in [0.05, 0.1) is 12.1 Å². The predicted octanol–water partition coefficient (Wildman–Crippen LogP) is 3.82. The molecule has 0 bridgehead atoms. The van der Waals surface area contributed by atoms with Crippen LogP contribution < -0.4 is 0 Å². The molecule has 6 heteroatoms. The van der Waals surface area contributed by atoms with Gasteiger partial charge in [-0.3, -0.25) is 9.69 Å². The monoisotopic (exact) mass is 434 g/mol. The maximum Gasteiger partial charge on any atom is 0.253 e. The van der Waals surface area contributed by atoms with Crippen LogP contribution in [0.3, 0.4) is 0 Å². The van der Waals surface area contributed by atoms with Crippen molar-refractivity contribution in [3.8, 4) is 0 Å². The molecule has 2 heterocycles. The fourth-order valence-corrected chi connectivity index (χ4v) is 5.38. The molecule has 2 saturated heterocycles. The molecule has 3 aromatic carbocycles. The summed E-state index contributed by atoms with van der Waals surface area (Å²) in [6.07, 6.45) is 0. The summed E-state index contributed by atoms with van der Waals surface area (Å²) in [4.78, 5) is 16.8. The smallest absolute Gasteiger partial charge is 0.253 e. The number of benzene rings is 3. The lowest BCUT2D eigenvalue weighted by atomic mass is 9.60. The number of aliphatic hydroxyl groups excluding tert-OH is 1. The molecule has 5 rings (SSSR count). The highest BCUT2D eigenvalue weighted by atomic mass is 19.1. The molecule has 0 unspecified atom stereocenters. The van der Waals surface area contributed by atoms with Crippen LogP contribution in [0.15, 0.2) is 78.9 Å². The molecule has 2 aliphatic heterocycles. The third kappa shape index (κ3) is 3.31. The van der Waals surface area contributed by atoms with Crippen molar-refractivity contribution in [2.75, 3.05) is 19.7 Å². The minimum atomic E-state index is -0.495. The molecule has 0 saturated carbocycles. The van der Waals surface area contributed by atoms with Crippen molar-refractivity contribution in [3.63, 3.8) is 0 Å². The third-order valence-electron chi connectivity index (χ3n) is 6.87. The van der Waals surface area contributed by atoms with Gasteiger partial charge < -0.3 is 10.0 Å². The summed E-state index contributed by atoms with van der Waals surface area (Å²) in [5.41, 5.74) is 1.52. The Morgan fingerprint density at radius 3 is 2.28 bits per heavy atom. The van der Waals surface area contributed by atoms with Crippen molar-refractivity contribution in [1.29, 1.82) is 0 Å². The number of halogens is 2. The van der Waals surface area contributed by atoms with E-state index in [-0.39, 0.29) is 36.6 Å². The van der Waals surface area contributed by atoms with Gasteiger partial charge in [-0.05, 0) is 35.9 Å². The number of nitrogens with zero attached hydrogens (tertiary/aromatic N) is 2. The largest absolute Gasteiger partial charge is 0.395 e. The molecule has 2 atom stereocenters. The highest BCUT2D eigenvalue weighted by Gasteiger charge is 2.66. The average molecular weight is 434 g/mol. The highest BCUT2D eigenvalue weighted by molar-refractivity contribution is 5.95. The molecular weight excluding hydrogens is 410 g/mol. The van der Waals surface area contributed by atoms with Crippen LogP contribution in [0.1, 0.15) is 27.4 Å². The summed E-state index contributed by atoms with van der Waals surface area (Å²) in [6.45, 7) is 0.998. The Balaban J connectivity index is 1.46. The maximum absolute atomic E-state index is 14.4. The Labute approximate surface area is 185 Å². The van der Waals surface area contributed by atoms with Gasteiger partial charge >= 0.3 is 0 Å². The van der Waals surface area contributed by atoms with E-state index in [1.54, 1.807) is 17.0 Å². The average Bonchev–Trinajstić information content (AvgIpc) is 2.79. The molecule has 3 aromatic rings. The number of likely N-dealkylation sites (tertiary alicyclic amines) is 2. The second-order valence-corrected chi connectivity index (χ2v) is 8.63. The zero-order chi connectivity index (χ0) is 22.3. The van der Waals surface area contributed by atoms with Crippen molar-refractivity contribution >= 4 is 5.91 Å². The number of rotatable bonds is 5. The molecular formula is C26H24F2N2O2. The second-order valence-electron chi connectivity index (χ2n) is 8.63. The van der Waals surface area contributed by atoms with E-state index >= 15 is 0 Å². The summed E-state index contributed by atoms with van der Waals surface area (Å²) >= 11 is 0. The van der Waals surface area contributed by atoms with Crippen molar-refractivity contribution < 1.29 is 18.7 Å². The van der Waals surface area contributed by atoms with Crippen LogP contribution in [0.5, 0.6) is 0 Å². The summed E-state index contributed by atoms with van der Waals surface area (Å²) in [5, 5.41) is 10.2. The Morgan fingerprint density at radius 2 is 1.62 bits per heavy atom. The molecule has 0 aromatic heterocycles. The Kier molecular flexibility index (Phi) is 5.27. The third-order valence-corrected chi connectivity index (χ3v) is 6.87. The maximum atomic E-state index is 14.4. The number of hydrogen-bond acceptors (Lipinski definition) is 3. The van der Waals surface area contributed by atoms with E-state index in [1.807, 2.05) is 53.4 Å². The van der Waals surface area contributed by atoms with Crippen LogP contribution in [0.4, 0.5) is 8.78 Å². The predicted molar refractivity (Wildman–Crippen MR) is 117 cm³/mol. The van der Waals surface area contributed by atoms with Gasteiger partial charge in [0, 0.05) is 42.7 Å². The first-order chi connectivity index (χ1) is 15.5. The molecule has 1 N–H and O–H groups in total. The van der Waals surface area contributed by atoms with Gasteiger partial charge in [-0.1, -0.05) is 48.5 Å². The first kappa shape index (κ1) is 20.8. The zero-order valence-electron chi connectivity index (χ0n) is 17.5. The van der Waals surface area contributed by atoms with Gasteiger partial charge in [-0.15, -0.1) is 0 Å². The van der Waals surface area contributed by atoms with E-state index in [0.717, 1.165) is 17.7 Å². The van der Waals surface area contributed by atoms with E-state index < -0.39 is 17.2 Å². The Bertz CT molecular complexity index is 1120. The molecule has 32 heavy (non-hydrogen) atoms. The van der Waals surface area contributed by atoms with Crippen LogP contribution in [0, 0.1) is 11.6 Å². The fourth-order valence-electron chi connectivity index (χ4n) is 5.38. The molecule has 2 aliphatic rings. The number of carbonyl (C=O) groups excluding carboxylic acids is 1. The van der Waals surface area contributed by atoms with E-state index in [1.165, 1.54) is 6.07 Å². The summed E-state index contributed by atoms with van der Waals surface area (Å²) in [6, 6.07) is 22.2. The molecule has 0 radical (unpaired) electrons. The SMILES string of the molecule is O=C(c1ccccc1)N1CC2(C1)[C@@H](c1ccccc1)[C@@H](CO)N2Cc1cc(F)ccc1F. The molecule has 1 amide bonds. The normalized spacial score (nSPS) is 21.8. The van der Waals surface area contributed by atoms with E-state index in [9.17, 15) is 18.7 Å². The quantitative estimate of drug-likeness (QED) is 0.664. The number of aliphatic hydroxyl groups is 1. The van der Waals surface area contributed by atoms with Gasteiger partial charge in [-0.2, -0.15) is 0 Å². The lowest BCUT2D eigenvalue weighted by Gasteiger charge is -2.70. The van der Waals surface area contributed by atoms with Gasteiger partial charge in [0.15, 0.2) is 0 Å². The number of amides is 1. The van der Waals surface area contributed by atoms with Crippen LogP contribution in [0.25, 0.3) is 0 Å². The summed E-state index contributed by atoms with van der Waals surface area (Å²) < 4.78 is 28.2. The van der Waals surface area contributed by atoms with Gasteiger partial charge in [0.25, 0.3) is 5.91 Å². The standard InChI is InChI=1S/C26H24F2N2O2/c27-21-11-12-22(28)20(13-21)14-30-23(15-31)24(18-7-3-1-4-8-18)26(30)16-29(17-26)25(32)19-9-5-2-6-10-19/h1-13,23-24,31H,14-17H2/t23-,24+/m1/s1. The van der Waals surface area contributed by atoms with E-state index in [2.05, 4.69) is 0 Å². The minimum absolute atomic E-state index is 0.00913. The number of hydrogen-bond donors (Lipinski definition) is 1. The Morgan fingerprint density at radius 1 is 0.969 bits per heavy atom. The lowest BCUT2D eigenvalue weighted by molar-refractivity contribution is -0.184. The van der Waals surface area contributed by atoms with E-state index in [4.69, 9.17) is 0 Å². The Hall–Kier alpha value is -3.09. The molecule has 2 fully saturated rings. The lowest BCUT2D eigenvalue weighted by Crippen LogP contribution is -2.84. The van der Waals surface area contributed by atoms with Crippen molar-refractivity contribution in [2.24, 2.45) is 0 Å². The first-order valence-electron chi connectivity index (χ1n) is 10.7. The first-order valence-corrected chi connectivity index (χ1v) is 10.7. The van der Waals surface area contributed by atoms with Gasteiger partial charge in [0.1, 0.15) is 11.6 Å². The van der Waals surface area contributed by atoms with Crippen LogP contribution in [0.2, 0.25) is 0 Å².